The Hall–Kier alpha value is -0.0800. The summed E-state index contributed by atoms with van der Waals surface area (Å²) in [6.45, 7) is 13.3. The van der Waals surface area contributed by atoms with Crippen molar-refractivity contribution in [3.05, 3.63) is 0 Å². The van der Waals surface area contributed by atoms with Crippen molar-refractivity contribution >= 4 is 0 Å². The fourth-order valence-corrected chi connectivity index (χ4v) is 5.81. The molecule has 2 nitrogen and oxygen atoms in total. The summed E-state index contributed by atoms with van der Waals surface area (Å²) in [4.78, 5) is 0. The first-order valence-electron chi connectivity index (χ1n) is 12.2. The van der Waals surface area contributed by atoms with E-state index in [1.807, 2.05) is 0 Å². The number of nitrogens with zero attached hydrogens (tertiary/aromatic N) is 2. The minimum atomic E-state index is 1.06. The molecular formula is C24H50N2+2. The van der Waals surface area contributed by atoms with E-state index in [2.05, 4.69) is 27.9 Å². The normalized spacial score (nSPS) is 25.4. The van der Waals surface area contributed by atoms with Gasteiger partial charge in [0, 0.05) is 11.8 Å². The van der Waals surface area contributed by atoms with E-state index in [0.717, 1.165) is 11.8 Å². The summed E-state index contributed by atoms with van der Waals surface area (Å²) >= 11 is 0. The Morgan fingerprint density at radius 3 is 1.69 bits per heavy atom. The highest BCUT2D eigenvalue weighted by Crippen LogP contribution is 2.38. The highest BCUT2D eigenvalue weighted by atomic mass is 15.4. The van der Waals surface area contributed by atoms with Gasteiger partial charge in [0.1, 0.15) is 13.1 Å². The van der Waals surface area contributed by atoms with Gasteiger partial charge in [-0.25, -0.2) is 0 Å². The molecule has 0 N–H and O–H groups in total. The minimum Gasteiger partial charge on any atom is -0.321 e. The molecule has 0 amide bonds. The summed E-state index contributed by atoms with van der Waals surface area (Å²) in [5, 5.41) is 0. The quantitative estimate of drug-likeness (QED) is 0.283. The van der Waals surface area contributed by atoms with E-state index in [9.17, 15) is 0 Å². The Labute approximate surface area is 165 Å². The standard InChI is InChI=1S/C24H50N2/c1-5-7-9-13-17-25(3,18-14-10-8-6-2)19-20-26(4)21-23-15-11-12-16-24(23)22-26/h23-24H,5-22H2,1-4H3/q+2/t23-,24-/m0/s1. The smallest absolute Gasteiger partial charge is 0.128 e. The molecule has 154 valence electrons. The third-order valence-electron chi connectivity index (χ3n) is 7.70. The molecule has 2 heteroatoms. The van der Waals surface area contributed by atoms with Gasteiger partial charge in [0.25, 0.3) is 0 Å². The van der Waals surface area contributed by atoms with Crippen LogP contribution in [0.5, 0.6) is 0 Å². The number of likely N-dealkylation sites (N-methyl/N-ethyl adjacent to an activating group) is 2. The highest BCUT2D eigenvalue weighted by molar-refractivity contribution is 4.80. The maximum absolute atomic E-state index is 2.58. The van der Waals surface area contributed by atoms with Gasteiger partial charge in [-0.15, -0.1) is 0 Å². The topological polar surface area (TPSA) is 0 Å². The molecule has 2 fully saturated rings. The second-order valence-corrected chi connectivity index (χ2v) is 10.4. The summed E-state index contributed by atoms with van der Waals surface area (Å²) in [5.41, 5.74) is 0. The first kappa shape index (κ1) is 22.2. The molecule has 1 heterocycles. The molecule has 0 spiro atoms. The number of rotatable bonds is 13. The maximum atomic E-state index is 2.58. The third-order valence-corrected chi connectivity index (χ3v) is 7.70. The van der Waals surface area contributed by atoms with Gasteiger partial charge in [0.2, 0.25) is 0 Å². The number of quaternary nitrogens is 2. The molecule has 0 unspecified atom stereocenters. The number of hydrogen-bond acceptors (Lipinski definition) is 0. The van der Waals surface area contributed by atoms with E-state index in [4.69, 9.17) is 0 Å². The molecule has 0 aromatic rings. The fraction of sp³-hybridized carbons (Fsp3) is 1.00. The highest BCUT2D eigenvalue weighted by Gasteiger charge is 2.44. The van der Waals surface area contributed by atoms with Gasteiger partial charge in [-0.05, 0) is 38.5 Å². The van der Waals surface area contributed by atoms with Gasteiger partial charge < -0.3 is 8.97 Å². The molecule has 0 aromatic heterocycles. The van der Waals surface area contributed by atoms with Crippen molar-refractivity contribution in [1.82, 2.24) is 0 Å². The van der Waals surface area contributed by atoms with Crippen molar-refractivity contribution in [1.29, 1.82) is 0 Å². The molecule has 2 rings (SSSR count). The van der Waals surface area contributed by atoms with Crippen molar-refractivity contribution in [2.75, 3.05) is 53.4 Å². The summed E-state index contributed by atoms with van der Waals surface area (Å²) in [5.74, 6) is 2.11. The number of likely N-dealkylation sites (tertiary alicyclic amines) is 1. The lowest BCUT2D eigenvalue weighted by Gasteiger charge is -2.39. The zero-order valence-corrected chi connectivity index (χ0v) is 18.8. The van der Waals surface area contributed by atoms with Gasteiger partial charge in [-0.2, -0.15) is 0 Å². The predicted molar refractivity (Wildman–Crippen MR) is 115 cm³/mol. The van der Waals surface area contributed by atoms with Crippen LogP contribution in [0.2, 0.25) is 0 Å². The number of unbranched alkanes of at least 4 members (excludes halogenated alkanes) is 6. The zero-order valence-electron chi connectivity index (χ0n) is 18.8. The summed E-state index contributed by atoms with van der Waals surface area (Å²) in [7, 11) is 5.16. The van der Waals surface area contributed by atoms with Crippen molar-refractivity contribution < 1.29 is 8.97 Å². The second-order valence-electron chi connectivity index (χ2n) is 10.4. The second kappa shape index (κ2) is 11.1. The Morgan fingerprint density at radius 2 is 1.23 bits per heavy atom. The molecular weight excluding hydrogens is 316 g/mol. The lowest BCUT2D eigenvalue weighted by Crippen LogP contribution is -2.54. The van der Waals surface area contributed by atoms with Crippen LogP contribution in [0.15, 0.2) is 0 Å². The fourth-order valence-electron chi connectivity index (χ4n) is 5.81. The first-order valence-corrected chi connectivity index (χ1v) is 12.2. The van der Waals surface area contributed by atoms with Gasteiger partial charge in [0.05, 0.1) is 40.3 Å². The van der Waals surface area contributed by atoms with E-state index in [1.165, 1.54) is 125 Å². The van der Waals surface area contributed by atoms with Crippen LogP contribution in [0.1, 0.15) is 90.9 Å². The molecule has 2 atom stereocenters. The van der Waals surface area contributed by atoms with Crippen molar-refractivity contribution in [3.8, 4) is 0 Å². The van der Waals surface area contributed by atoms with Crippen LogP contribution in [0.3, 0.4) is 0 Å². The molecule has 0 radical (unpaired) electrons. The van der Waals surface area contributed by atoms with Gasteiger partial charge in [0.15, 0.2) is 0 Å². The van der Waals surface area contributed by atoms with E-state index < -0.39 is 0 Å². The van der Waals surface area contributed by atoms with Crippen molar-refractivity contribution in [3.63, 3.8) is 0 Å². The summed E-state index contributed by atoms with van der Waals surface area (Å²) in [6, 6.07) is 0. The lowest BCUT2D eigenvalue weighted by atomic mass is 9.82. The van der Waals surface area contributed by atoms with Gasteiger partial charge in [-0.3, -0.25) is 0 Å². The Morgan fingerprint density at radius 1 is 0.731 bits per heavy atom. The van der Waals surface area contributed by atoms with E-state index in [1.54, 1.807) is 0 Å². The predicted octanol–water partition coefficient (Wildman–Crippen LogP) is 5.86. The summed E-state index contributed by atoms with van der Waals surface area (Å²) in [6.07, 6.45) is 17.4. The zero-order chi connectivity index (χ0) is 18.9. The van der Waals surface area contributed by atoms with Gasteiger partial charge >= 0.3 is 0 Å². The lowest BCUT2D eigenvalue weighted by molar-refractivity contribution is -0.960. The van der Waals surface area contributed by atoms with Crippen molar-refractivity contribution in [2.24, 2.45) is 11.8 Å². The first-order chi connectivity index (χ1) is 12.5. The molecule has 26 heavy (non-hydrogen) atoms. The third kappa shape index (κ3) is 7.15. The molecule has 0 aromatic carbocycles. The maximum Gasteiger partial charge on any atom is 0.128 e. The van der Waals surface area contributed by atoms with Crippen LogP contribution in [0.25, 0.3) is 0 Å². The Bertz CT molecular complexity index is 352. The van der Waals surface area contributed by atoms with Crippen LogP contribution in [-0.2, 0) is 0 Å². The van der Waals surface area contributed by atoms with Crippen LogP contribution in [0.4, 0.5) is 0 Å². The van der Waals surface area contributed by atoms with Gasteiger partial charge in [-0.1, -0.05) is 52.4 Å². The van der Waals surface area contributed by atoms with Crippen LogP contribution in [0, 0.1) is 11.8 Å². The number of fused-ring (bicyclic) bond motifs is 1. The Kier molecular flexibility index (Phi) is 9.44. The molecule has 1 saturated heterocycles. The average molecular weight is 367 g/mol. The number of hydrogen-bond donors (Lipinski definition) is 0. The monoisotopic (exact) mass is 366 g/mol. The molecule has 1 saturated carbocycles. The molecule has 1 aliphatic heterocycles. The summed E-state index contributed by atoms with van der Waals surface area (Å²) < 4.78 is 2.73. The minimum absolute atomic E-state index is 1.06. The Balaban J connectivity index is 1.83. The van der Waals surface area contributed by atoms with E-state index in [0.29, 0.717) is 0 Å². The SMILES string of the molecule is CCCCCC[N+](C)(CCCCCC)CC[N+]1(C)C[C@@H]2CCCC[C@H]2C1. The van der Waals surface area contributed by atoms with Crippen LogP contribution >= 0.6 is 0 Å². The van der Waals surface area contributed by atoms with E-state index >= 15 is 0 Å². The molecule has 0 bridgehead atoms. The molecule has 1 aliphatic carbocycles. The largest absolute Gasteiger partial charge is 0.321 e. The average Bonchev–Trinajstić information content (AvgIpc) is 2.98. The van der Waals surface area contributed by atoms with Crippen LogP contribution < -0.4 is 0 Å². The van der Waals surface area contributed by atoms with Crippen molar-refractivity contribution in [2.45, 2.75) is 90.9 Å². The van der Waals surface area contributed by atoms with E-state index in [-0.39, 0.29) is 0 Å². The molecule has 2 aliphatic rings. The van der Waals surface area contributed by atoms with Crippen LogP contribution in [-0.4, -0.2) is 62.3 Å².